The van der Waals surface area contributed by atoms with Crippen molar-refractivity contribution in [3.05, 3.63) is 0 Å². The fourth-order valence-corrected chi connectivity index (χ4v) is 1.33. The molecule has 2 N–H and O–H groups in total. The van der Waals surface area contributed by atoms with Crippen LogP contribution in [0.2, 0.25) is 0 Å². The molecule has 0 amide bonds. The fourth-order valence-electron chi connectivity index (χ4n) is 1.33. The number of hydrogen-bond acceptors (Lipinski definition) is 10. The van der Waals surface area contributed by atoms with E-state index in [9.17, 15) is 0 Å². The molecule has 0 aliphatic heterocycles. The average Bonchev–Trinajstić information content (AvgIpc) is 2.05. The molecule has 0 aliphatic rings. The number of rotatable bonds is 4. The van der Waals surface area contributed by atoms with Gasteiger partial charge in [-0.05, 0) is 0 Å². The SMILES string of the molecule is CC(C)NC(C)C.CC(C)NC(C)C.O=S(=O)([O-])[O-].O=S(=O)([O-])[O-].[Pt+4]. The first-order valence-corrected chi connectivity index (χ1v) is 9.77. The fraction of sp³-hybridized carbons (Fsp3) is 1.00. The molecule has 0 aromatic rings. The maximum Gasteiger partial charge on any atom is 4.00 e. The average molecular weight is 590 g/mol. The van der Waals surface area contributed by atoms with E-state index in [0.717, 1.165) is 0 Å². The van der Waals surface area contributed by atoms with Crippen LogP contribution in [0.25, 0.3) is 0 Å². The first kappa shape index (κ1) is 36.3. The molecular formula is C12H30N2O8PtS2. The molecule has 0 saturated heterocycles. The molecule has 0 aromatic heterocycles. The van der Waals surface area contributed by atoms with Crippen LogP contribution in [0.1, 0.15) is 55.4 Å². The van der Waals surface area contributed by atoms with Crippen molar-refractivity contribution in [1.82, 2.24) is 10.6 Å². The van der Waals surface area contributed by atoms with Crippen molar-refractivity contribution in [1.29, 1.82) is 0 Å². The quantitative estimate of drug-likeness (QED) is 0.337. The van der Waals surface area contributed by atoms with Gasteiger partial charge in [-0.2, -0.15) is 0 Å². The Balaban J connectivity index is -0.0000000711. The summed E-state index contributed by atoms with van der Waals surface area (Å²) in [5, 5.41) is 6.61. The van der Waals surface area contributed by atoms with Crippen LogP contribution in [0.5, 0.6) is 0 Å². The van der Waals surface area contributed by atoms with Crippen LogP contribution in [0.4, 0.5) is 0 Å². The molecule has 0 saturated carbocycles. The van der Waals surface area contributed by atoms with Gasteiger partial charge in [-0.1, -0.05) is 55.4 Å². The van der Waals surface area contributed by atoms with E-state index >= 15 is 0 Å². The van der Waals surface area contributed by atoms with E-state index in [2.05, 4.69) is 66.0 Å². The number of hydrogen-bond donors (Lipinski definition) is 2. The monoisotopic (exact) mass is 589 g/mol. The van der Waals surface area contributed by atoms with Gasteiger partial charge in [0.15, 0.2) is 0 Å². The molecule has 0 bridgehead atoms. The molecule has 25 heavy (non-hydrogen) atoms. The molecule has 0 aromatic carbocycles. The smallest absolute Gasteiger partial charge is 0.759 e. The summed E-state index contributed by atoms with van der Waals surface area (Å²) in [6.45, 7) is 17.2. The molecule has 0 heterocycles. The van der Waals surface area contributed by atoms with Gasteiger partial charge in [0.25, 0.3) is 0 Å². The molecule has 0 radical (unpaired) electrons. The molecule has 158 valence electrons. The van der Waals surface area contributed by atoms with Crippen molar-refractivity contribution in [2.24, 2.45) is 0 Å². The van der Waals surface area contributed by atoms with Gasteiger partial charge >= 0.3 is 21.1 Å². The molecule has 0 fully saturated rings. The van der Waals surface area contributed by atoms with E-state index in [1.807, 2.05) is 0 Å². The van der Waals surface area contributed by atoms with Crippen molar-refractivity contribution >= 4 is 20.8 Å². The van der Waals surface area contributed by atoms with Crippen LogP contribution in [-0.4, -0.2) is 59.2 Å². The van der Waals surface area contributed by atoms with Gasteiger partial charge < -0.3 is 28.8 Å². The predicted octanol–water partition coefficient (Wildman–Crippen LogP) is 0.107. The summed E-state index contributed by atoms with van der Waals surface area (Å²) >= 11 is 0. The summed E-state index contributed by atoms with van der Waals surface area (Å²) in [7, 11) is -10.3. The Kier molecular flexibility index (Phi) is 27.8. The van der Waals surface area contributed by atoms with Gasteiger partial charge in [0.1, 0.15) is 0 Å². The Labute approximate surface area is 167 Å². The normalized spacial score (nSPS) is 10.9. The van der Waals surface area contributed by atoms with Gasteiger partial charge in [0.05, 0.1) is 0 Å². The second kappa shape index (κ2) is 19.1. The van der Waals surface area contributed by atoms with Gasteiger partial charge in [0, 0.05) is 45.0 Å². The Morgan fingerprint density at radius 2 is 0.600 bits per heavy atom. The minimum Gasteiger partial charge on any atom is -0.759 e. The number of nitrogens with one attached hydrogen (secondary N) is 2. The van der Waals surface area contributed by atoms with Crippen molar-refractivity contribution in [2.75, 3.05) is 0 Å². The first-order valence-electron chi connectivity index (χ1n) is 7.11. The third-order valence-corrected chi connectivity index (χ3v) is 1.33. The van der Waals surface area contributed by atoms with Gasteiger partial charge in [0.2, 0.25) is 0 Å². The zero-order chi connectivity index (χ0) is 20.7. The third-order valence-electron chi connectivity index (χ3n) is 1.33. The zero-order valence-corrected chi connectivity index (χ0v) is 19.6. The van der Waals surface area contributed by atoms with E-state index in [-0.39, 0.29) is 21.1 Å². The largest absolute Gasteiger partial charge is 4.00 e. The Morgan fingerprint density at radius 1 is 0.520 bits per heavy atom. The Hall–Kier alpha value is 0.348. The van der Waals surface area contributed by atoms with E-state index < -0.39 is 20.8 Å². The van der Waals surface area contributed by atoms with Crippen LogP contribution >= 0.6 is 0 Å². The molecule has 13 heteroatoms. The van der Waals surface area contributed by atoms with Gasteiger partial charge in [-0.15, -0.1) is 0 Å². The van der Waals surface area contributed by atoms with Crippen molar-refractivity contribution in [3.8, 4) is 0 Å². The zero-order valence-electron chi connectivity index (χ0n) is 15.7. The molecule has 10 nitrogen and oxygen atoms in total. The summed E-state index contributed by atoms with van der Waals surface area (Å²) < 4.78 is 68.2. The minimum atomic E-state index is -5.17. The molecule has 0 aliphatic carbocycles. The van der Waals surface area contributed by atoms with E-state index in [0.29, 0.717) is 24.2 Å². The Morgan fingerprint density at radius 3 is 0.600 bits per heavy atom. The summed E-state index contributed by atoms with van der Waals surface area (Å²) in [6, 6.07) is 2.50. The van der Waals surface area contributed by atoms with Crippen LogP contribution in [0, 0.1) is 0 Å². The first-order chi connectivity index (χ1) is 10.3. The molecule has 0 atom stereocenters. The van der Waals surface area contributed by atoms with E-state index in [4.69, 9.17) is 35.0 Å². The van der Waals surface area contributed by atoms with Crippen LogP contribution in [0.15, 0.2) is 0 Å². The topological polar surface area (TPSA) is 185 Å². The maximum atomic E-state index is 8.52. The third kappa shape index (κ3) is 174. The van der Waals surface area contributed by atoms with Crippen molar-refractivity contribution < 1.29 is 56.1 Å². The van der Waals surface area contributed by atoms with Gasteiger partial charge in [-0.3, -0.25) is 16.8 Å². The molecule has 0 rings (SSSR count). The van der Waals surface area contributed by atoms with E-state index in [1.54, 1.807) is 0 Å². The van der Waals surface area contributed by atoms with Crippen molar-refractivity contribution in [3.63, 3.8) is 0 Å². The minimum absolute atomic E-state index is 0. The van der Waals surface area contributed by atoms with Crippen molar-refractivity contribution in [2.45, 2.75) is 79.6 Å². The molecular weight excluding hydrogens is 559 g/mol. The summed E-state index contributed by atoms with van der Waals surface area (Å²) in [5.74, 6) is 0. The second-order valence-electron chi connectivity index (χ2n) is 5.77. The van der Waals surface area contributed by atoms with E-state index in [1.165, 1.54) is 0 Å². The maximum absolute atomic E-state index is 8.52. The van der Waals surface area contributed by atoms with Crippen LogP contribution in [-0.2, 0) is 41.9 Å². The molecule has 0 spiro atoms. The summed E-state index contributed by atoms with van der Waals surface area (Å²) in [5.41, 5.74) is 0. The molecule has 0 unspecified atom stereocenters. The summed E-state index contributed by atoms with van der Waals surface area (Å²) in [4.78, 5) is 0. The van der Waals surface area contributed by atoms with Crippen LogP contribution < -0.4 is 10.6 Å². The predicted molar refractivity (Wildman–Crippen MR) is 87.8 cm³/mol. The van der Waals surface area contributed by atoms with Crippen LogP contribution in [0.3, 0.4) is 0 Å². The standard InChI is InChI=1S/2C6H15N.2H2O4S.Pt/c2*1-5(2)7-6(3)4;2*1-5(2,3)4;/h2*5-7H,1-4H3;2*(H2,1,2,3,4);/q;;;;+4/p-4. The van der Waals surface area contributed by atoms with Gasteiger partial charge in [-0.25, -0.2) is 0 Å². The Bertz CT molecular complexity index is 394. The summed E-state index contributed by atoms with van der Waals surface area (Å²) in [6.07, 6.45) is 0. The second-order valence-corrected chi connectivity index (χ2v) is 7.40.